The summed E-state index contributed by atoms with van der Waals surface area (Å²) in [6.07, 6.45) is 2.05. The van der Waals surface area contributed by atoms with E-state index >= 15 is 0 Å². The lowest BCUT2D eigenvalue weighted by Gasteiger charge is -2.33. The molecule has 0 spiro atoms. The van der Waals surface area contributed by atoms with Crippen LogP contribution in [-0.4, -0.2) is 50.5 Å². The predicted molar refractivity (Wildman–Crippen MR) is 59.5 cm³/mol. The minimum Gasteiger partial charge on any atom is -0.396 e. The zero-order valence-electron chi connectivity index (χ0n) is 10.0. The third-order valence-corrected chi connectivity index (χ3v) is 3.12. The van der Waals surface area contributed by atoms with Crippen molar-refractivity contribution in [1.82, 2.24) is 4.90 Å². The molecule has 0 aromatic carbocycles. The summed E-state index contributed by atoms with van der Waals surface area (Å²) in [6, 6.07) is 0. The van der Waals surface area contributed by atoms with E-state index in [1.165, 1.54) is 0 Å². The van der Waals surface area contributed by atoms with Crippen molar-refractivity contribution >= 4 is 0 Å². The molecule has 0 aromatic rings. The van der Waals surface area contributed by atoms with Gasteiger partial charge in [0.1, 0.15) is 0 Å². The second-order valence-electron chi connectivity index (χ2n) is 4.10. The van der Waals surface area contributed by atoms with Gasteiger partial charge in [-0.05, 0) is 19.9 Å². The van der Waals surface area contributed by atoms with E-state index < -0.39 is 0 Å². The van der Waals surface area contributed by atoms with Crippen LogP contribution in [0.15, 0.2) is 0 Å². The van der Waals surface area contributed by atoms with Crippen LogP contribution in [0.2, 0.25) is 0 Å². The van der Waals surface area contributed by atoms with Crippen LogP contribution in [0.4, 0.5) is 0 Å². The molecule has 0 saturated heterocycles. The molecule has 3 nitrogen and oxygen atoms in total. The van der Waals surface area contributed by atoms with Gasteiger partial charge in [-0.1, -0.05) is 13.8 Å². The number of ether oxygens (including phenoxy) is 1. The Labute approximate surface area is 88.1 Å². The average molecular weight is 203 g/mol. The largest absolute Gasteiger partial charge is 0.396 e. The Bertz CT molecular complexity index is 127. The zero-order chi connectivity index (χ0) is 11.0. The SMILES string of the molecule is CCC(CC)(CO)CN(C)CCOC. The van der Waals surface area contributed by atoms with Gasteiger partial charge in [0.2, 0.25) is 0 Å². The van der Waals surface area contributed by atoms with Gasteiger partial charge in [-0.3, -0.25) is 0 Å². The maximum absolute atomic E-state index is 9.39. The van der Waals surface area contributed by atoms with Crippen molar-refractivity contribution in [2.75, 3.05) is 40.5 Å². The summed E-state index contributed by atoms with van der Waals surface area (Å²) in [5.74, 6) is 0. The van der Waals surface area contributed by atoms with E-state index in [2.05, 4.69) is 25.8 Å². The summed E-state index contributed by atoms with van der Waals surface area (Å²) in [6.45, 7) is 7.19. The first-order chi connectivity index (χ1) is 6.64. The number of hydrogen-bond donors (Lipinski definition) is 1. The molecule has 0 bridgehead atoms. The van der Waals surface area contributed by atoms with Crippen molar-refractivity contribution in [3.8, 4) is 0 Å². The summed E-state index contributed by atoms with van der Waals surface area (Å²) < 4.78 is 5.02. The maximum Gasteiger partial charge on any atom is 0.0589 e. The highest BCUT2D eigenvalue weighted by atomic mass is 16.5. The van der Waals surface area contributed by atoms with Gasteiger partial charge in [-0.15, -0.1) is 0 Å². The summed E-state index contributed by atoms with van der Waals surface area (Å²) in [4.78, 5) is 2.23. The second kappa shape index (κ2) is 7.21. The molecule has 1 N–H and O–H groups in total. The molecule has 0 aliphatic rings. The lowest BCUT2D eigenvalue weighted by Crippen LogP contribution is -2.39. The Kier molecular flexibility index (Phi) is 7.15. The van der Waals surface area contributed by atoms with Crippen LogP contribution in [0, 0.1) is 5.41 Å². The topological polar surface area (TPSA) is 32.7 Å². The van der Waals surface area contributed by atoms with Crippen LogP contribution >= 0.6 is 0 Å². The Morgan fingerprint density at radius 3 is 2.21 bits per heavy atom. The van der Waals surface area contributed by atoms with Crippen LogP contribution in [0.5, 0.6) is 0 Å². The van der Waals surface area contributed by atoms with Crippen molar-refractivity contribution in [2.24, 2.45) is 5.41 Å². The molecular weight excluding hydrogens is 178 g/mol. The van der Waals surface area contributed by atoms with E-state index in [0.717, 1.165) is 32.5 Å². The van der Waals surface area contributed by atoms with Gasteiger partial charge in [0.15, 0.2) is 0 Å². The van der Waals surface area contributed by atoms with Crippen LogP contribution in [-0.2, 0) is 4.74 Å². The molecule has 0 aliphatic heterocycles. The maximum atomic E-state index is 9.39. The number of methoxy groups -OCH3 is 1. The quantitative estimate of drug-likeness (QED) is 0.646. The molecule has 0 unspecified atom stereocenters. The van der Waals surface area contributed by atoms with Crippen LogP contribution in [0.25, 0.3) is 0 Å². The first kappa shape index (κ1) is 13.9. The Hall–Kier alpha value is -0.120. The zero-order valence-corrected chi connectivity index (χ0v) is 10.0. The molecular formula is C11H25NO2. The van der Waals surface area contributed by atoms with Crippen LogP contribution < -0.4 is 0 Å². The molecule has 0 rings (SSSR count). The average Bonchev–Trinajstić information content (AvgIpc) is 2.23. The van der Waals surface area contributed by atoms with E-state index in [-0.39, 0.29) is 12.0 Å². The molecule has 0 saturated carbocycles. The highest BCUT2D eigenvalue weighted by molar-refractivity contribution is 4.78. The lowest BCUT2D eigenvalue weighted by molar-refractivity contribution is 0.0641. The van der Waals surface area contributed by atoms with Gasteiger partial charge >= 0.3 is 0 Å². The number of likely N-dealkylation sites (N-methyl/N-ethyl adjacent to an activating group) is 1. The lowest BCUT2D eigenvalue weighted by atomic mass is 9.83. The molecule has 86 valence electrons. The van der Waals surface area contributed by atoms with Gasteiger partial charge in [0.05, 0.1) is 6.61 Å². The minimum atomic E-state index is 0.0719. The van der Waals surface area contributed by atoms with Crippen molar-refractivity contribution in [3.63, 3.8) is 0 Å². The first-order valence-electron chi connectivity index (χ1n) is 5.42. The number of nitrogens with zero attached hydrogens (tertiary/aromatic N) is 1. The number of hydrogen-bond acceptors (Lipinski definition) is 3. The monoisotopic (exact) mass is 203 g/mol. The highest BCUT2D eigenvalue weighted by Gasteiger charge is 2.26. The van der Waals surface area contributed by atoms with Crippen molar-refractivity contribution in [2.45, 2.75) is 26.7 Å². The Morgan fingerprint density at radius 1 is 1.29 bits per heavy atom. The van der Waals surface area contributed by atoms with Gasteiger partial charge in [0.25, 0.3) is 0 Å². The van der Waals surface area contributed by atoms with E-state index in [4.69, 9.17) is 4.74 Å². The molecule has 0 heterocycles. The van der Waals surface area contributed by atoms with Gasteiger partial charge < -0.3 is 14.7 Å². The number of rotatable bonds is 8. The molecule has 0 atom stereocenters. The molecule has 0 amide bonds. The van der Waals surface area contributed by atoms with E-state index in [1.54, 1.807) is 7.11 Å². The predicted octanol–water partition coefficient (Wildman–Crippen LogP) is 1.36. The third kappa shape index (κ3) is 4.40. The van der Waals surface area contributed by atoms with Gasteiger partial charge in [0, 0.05) is 32.2 Å². The normalized spacial score (nSPS) is 12.4. The summed E-state index contributed by atoms with van der Waals surface area (Å²) in [5, 5.41) is 9.39. The van der Waals surface area contributed by atoms with Crippen LogP contribution in [0.3, 0.4) is 0 Å². The molecule has 0 aromatic heterocycles. The minimum absolute atomic E-state index is 0.0719. The smallest absolute Gasteiger partial charge is 0.0589 e. The summed E-state index contributed by atoms with van der Waals surface area (Å²) >= 11 is 0. The first-order valence-corrected chi connectivity index (χ1v) is 5.42. The molecule has 0 fully saturated rings. The molecule has 3 heteroatoms. The van der Waals surface area contributed by atoms with E-state index in [0.29, 0.717) is 0 Å². The van der Waals surface area contributed by atoms with Crippen molar-refractivity contribution in [3.05, 3.63) is 0 Å². The fraction of sp³-hybridized carbons (Fsp3) is 1.00. The summed E-state index contributed by atoms with van der Waals surface area (Å²) in [5.41, 5.74) is 0.0719. The molecule has 0 radical (unpaired) electrons. The Morgan fingerprint density at radius 2 is 1.86 bits per heavy atom. The standard InChI is InChI=1S/C11H25NO2/c1-5-11(6-2,10-13)9-12(3)7-8-14-4/h13H,5-10H2,1-4H3. The van der Waals surface area contributed by atoms with Crippen molar-refractivity contribution < 1.29 is 9.84 Å². The third-order valence-electron chi connectivity index (χ3n) is 3.12. The summed E-state index contributed by atoms with van der Waals surface area (Å²) in [7, 11) is 3.79. The van der Waals surface area contributed by atoms with Crippen LogP contribution in [0.1, 0.15) is 26.7 Å². The fourth-order valence-corrected chi connectivity index (χ4v) is 1.65. The molecule has 14 heavy (non-hydrogen) atoms. The van der Waals surface area contributed by atoms with E-state index in [9.17, 15) is 5.11 Å². The van der Waals surface area contributed by atoms with Gasteiger partial charge in [-0.25, -0.2) is 0 Å². The number of aliphatic hydroxyl groups excluding tert-OH is 1. The Balaban J connectivity index is 4.01. The van der Waals surface area contributed by atoms with Gasteiger partial charge in [-0.2, -0.15) is 0 Å². The van der Waals surface area contributed by atoms with E-state index in [1.807, 2.05) is 0 Å². The molecule has 0 aliphatic carbocycles. The van der Waals surface area contributed by atoms with Crippen molar-refractivity contribution in [1.29, 1.82) is 0 Å². The second-order valence-corrected chi connectivity index (χ2v) is 4.10. The highest BCUT2D eigenvalue weighted by Crippen LogP contribution is 2.26. The number of aliphatic hydroxyl groups is 1. The fourth-order valence-electron chi connectivity index (χ4n) is 1.65.